The Hall–Kier alpha value is -1.39. The van der Waals surface area contributed by atoms with Crippen LogP contribution in [-0.2, 0) is 0 Å². The molecule has 0 aliphatic heterocycles. The molecule has 0 amide bonds. The van der Waals surface area contributed by atoms with Crippen molar-refractivity contribution < 1.29 is 0 Å². The van der Waals surface area contributed by atoms with Crippen LogP contribution in [0, 0.1) is 6.92 Å². The Balaban J connectivity index is 2.68. The number of hydrogen-bond acceptors (Lipinski definition) is 3. The van der Waals surface area contributed by atoms with Crippen LogP contribution in [0.2, 0.25) is 0 Å². The number of benzene rings is 1. The first kappa shape index (κ1) is 15.0. The quantitative estimate of drug-likeness (QED) is 0.912. The number of aromatic nitrogens is 2. The summed E-state index contributed by atoms with van der Waals surface area (Å²) in [4.78, 5) is 7.13. The highest BCUT2D eigenvalue weighted by Crippen LogP contribution is 2.29. The summed E-state index contributed by atoms with van der Waals surface area (Å²) in [6.07, 6.45) is 1.03. The van der Waals surface area contributed by atoms with Gasteiger partial charge in [-0.25, -0.2) is 4.98 Å². The van der Waals surface area contributed by atoms with Crippen LogP contribution in [0.3, 0.4) is 0 Å². The number of fused-ring (bicyclic) bond motifs is 1. The Morgan fingerprint density at radius 1 is 1.35 bits per heavy atom. The molecule has 0 saturated heterocycles. The molecule has 2 rings (SSSR count). The second-order valence-electron chi connectivity index (χ2n) is 5.80. The minimum atomic E-state index is 0.256. The SMILES string of the molecule is CCC(c1nc2cc(C)ccc2n1C(C)CN)N(C)C. The Morgan fingerprint density at radius 2 is 2.05 bits per heavy atom. The first-order valence-corrected chi connectivity index (χ1v) is 7.34. The maximum atomic E-state index is 5.91. The maximum Gasteiger partial charge on any atom is 0.127 e. The molecule has 110 valence electrons. The molecule has 2 N–H and O–H groups in total. The van der Waals surface area contributed by atoms with E-state index >= 15 is 0 Å². The second-order valence-corrected chi connectivity index (χ2v) is 5.80. The summed E-state index contributed by atoms with van der Waals surface area (Å²) in [5.41, 5.74) is 9.41. The zero-order chi connectivity index (χ0) is 14.9. The van der Waals surface area contributed by atoms with E-state index in [0.29, 0.717) is 12.6 Å². The molecule has 4 nitrogen and oxygen atoms in total. The normalized spacial score (nSPS) is 14.9. The van der Waals surface area contributed by atoms with Gasteiger partial charge in [-0.1, -0.05) is 13.0 Å². The van der Waals surface area contributed by atoms with Crippen LogP contribution < -0.4 is 5.73 Å². The fourth-order valence-corrected chi connectivity index (χ4v) is 2.81. The van der Waals surface area contributed by atoms with Gasteiger partial charge in [0.15, 0.2) is 0 Å². The topological polar surface area (TPSA) is 47.1 Å². The molecule has 2 aromatic rings. The summed E-state index contributed by atoms with van der Waals surface area (Å²) < 4.78 is 2.31. The van der Waals surface area contributed by atoms with Crippen LogP contribution in [0.25, 0.3) is 11.0 Å². The smallest absolute Gasteiger partial charge is 0.127 e. The lowest BCUT2D eigenvalue weighted by molar-refractivity contribution is 0.270. The fraction of sp³-hybridized carbons (Fsp3) is 0.562. The lowest BCUT2D eigenvalue weighted by Crippen LogP contribution is -2.26. The number of nitrogens with zero attached hydrogens (tertiary/aromatic N) is 3. The number of imidazole rings is 1. The van der Waals surface area contributed by atoms with Gasteiger partial charge in [0.25, 0.3) is 0 Å². The summed E-state index contributed by atoms with van der Waals surface area (Å²) in [5.74, 6) is 1.12. The van der Waals surface area contributed by atoms with E-state index in [0.717, 1.165) is 17.8 Å². The lowest BCUT2D eigenvalue weighted by atomic mass is 10.1. The van der Waals surface area contributed by atoms with Crippen molar-refractivity contribution in [2.75, 3.05) is 20.6 Å². The third kappa shape index (κ3) is 2.58. The van der Waals surface area contributed by atoms with Gasteiger partial charge in [-0.05, 0) is 52.1 Å². The summed E-state index contributed by atoms with van der Waals surface area (Å²) in [5, 5.41) is 0. The van der Waals surface area contributed by atoms with E-state index in [9.17, 15) is 0 Å². The highest BCUT2D eigenvalue weighted by molar-refractivity contribution is 5.77. The lowest BCUT2D eigenvalue weighted by Gasteiger charge is -2.25. The van der Waals surface area contributed by atoms with Gasteiger partial charge in [-0.2, -0.15) is 0 Å². The number of aryl methyl sites for hydroxylation is 1. The van der Waals surface area contributed by atoms with Crippen molar-refractivity contribution in [2.24, 2.45) is 5.73 Å². The Bertz CT molecular complexity index is 585. The molecule has 2 unspecified atom stereocenters. The molecule has 0 fully saturated rings. The summed E-state index contributed by atoms with van der Waals surface area (Å²) >= 11 is 0. The van der Waals surface area contributed by atoms with E-state index < -0.39 is 0 Å². The van der Waals surface area contributed by atoms with Crippen molar-refractivity contribution in [1.82, 2.24) is 14.5 Å². The van der Waals surface area contributed by atoms with Gasteiger partial charge in [0.2, 0.25) is 0 Å². The minimum Gasteiger partial charge on any atom is -0.328 e. The maximum absolute atomic E-state index is 5.91. The molecular weight excluding hydrogens is 248 g/mol. The van der Waals surface area contributed by atoms with E-state index in [1.54, 1.807) is 0 Å². The van der Waals surface area contributed by atoms with Crippen LogP contribution >= 0.6 is 0 Å². The Labute approximate surface area is 121 Å². The molecule has 1 heterocycles. The van der Waals surface area contributed by atoms with Crippen LogP contribution in [0.4, 0.5) is 0 Å². The molecule has 0 bridgehead atoms. The van der Waals surface area contributed by atoms with Crippen LogP contribution in [0.15, 0.2) is 18.2 Å². The van der Waals surface area contributed by atoms with Gasteiger partial charge < -0.3 is 10.3 Å². The predicted octanol–water partition coefficient (Wildman–Crippen LogP) is 2.88. The molecule has 0 radical (unpaired) electrons. The monoisotopic (exact) mass is 274 g/mol. The molecule has 0 saturated carbocycles. The first-order chi connectivity index (χ1) is 9.49. The molecular formula is C16H26N4. The van der Waals surface area contributed by atoms with Crippen molar-refractivity contribution in [3.63, 3.8) is 0 Å². The van der Waals surface area contributed by atoms with Gasteiger partial charge in [0, 0.05) is 12.6 Å². The van der Waals surface area contributed by atoms with Crippen LogP contribution in [0.5, 0.6) is 0 Å². The van der Waals surface area contributed by atoms with E-state index in [-0.39, 0.29) is 6.04 Å². The molecule has 1 aromatic heterocycles. The minimum absolute atomic E-state index is 0.256. The average molecular weight is 274 g/mol. The Morgan fingerprint density at radius 3 is 2.60 bits per heavy atom. The van der Waals surface area contributed by atoms with Crippen molar-refractivity contribution in [3.05, 3.63) is 29.6 Å². The van der Waals surface area contributed by atoms with Gasteiger partial charge in [-0.3, -0.25) is 4.90 Å². The molecule has 1 aromatic carbocycles. The van der Waals surface area contributed by atoms with E-state index in [1.165, 1.54) is 11.1 Å². The zero-order valence-electron chi connectivity index (χ0n) is 13.2. The summed E-state index contributed by atoms with van der Waals surface area (Å²) in [7, 11) is 4.21. The van der Waals surface area contributed by atoms with Gasteiger partial charge >= 0.3 is 0 Å². The van der Waals surface area contributed by atoms with Crippen molar-refractivity contribution >= 4 is 11.0 Å². The predicted molar refractivity (Wildman–Crippen MR) is 85.0 cm³/mol. The van der Waals surface area contributed by atoms with Gasteiger partial charge in [0.1, 0.15) is 5.82 Å². The second kappa shape index (κ2) is 5.94. The zero-order valence-corrected chi connectivity index (χ0v) is 13.2. The summed E-state index contributed by atoms with van der Waals surface area (Å²) in [6.45, 7) is 7.09. The van der Waals surface area contributed by atoms with E-state index in [4.69, 9.17) is 10.7 Å². The van der Waals surface area contributed by atoms with E-state index in [2.05, 4.69) is 62.5 Å². The van der Waals surface area contributed by atoms with Crippen LogP contribution in [0.1, 0.15) is 43.7 Å². The highest BCUT2D eigenvalue weighted by atomic mass is 15.2. The Kier molecular flexibility index (Phi) is 4.45. The van der Waals surface area contributed by atoms with Gasteiger partial charge in [0.05, 0.1) is 17.1 Å². The largest absolute Gasteiger partial charge is 0.328 e. The standard InChI is InChI=1S/C16H26N4/c1-6-14(19(4)5)16-18-13-9-11(2)7-8-15(13)20(16)12(3)10-17/h7-9,12,14H,6,10,17H2,1-5H3. The van der Waals surface area contributed by atoms with Gasteiger partial charge in [-0.15, -0.1) is 0 Å². The first-order valence-electron chi connectivity index (χ1n) is 7.34. The third-order valence-electron chi connectivity index (χ3n) is 3.96. The van der Waals surface area contributed by atoms with Crippen molar-refractivity contribution in [3.8, 4) is 0 Å². The third-order valence-corrected chi connectivity index (χ3v) is 3.96. The molecule has 0 spiro atoms. The number of rotatable bonds is 5. The number of nitrogens with two attached hydrogens (primary N) is 1. The van der Waals surface area contributed by atoms with Crippen LogP contribution in [-0.4, -0.2) is 35.1 Å². The average Bonchev–Trinajstić information content (AvgIpc) is 2.76. The fourth-order valence-electron chi connectivity index (χ4n) is 2.81. The molecule has 4 heteroatoms. The highest BCUT2D eigenvalue weighted by Gasteiger charge is 2.22. The number of hydrogen-bond donors (Lipinski definition) is 1. The van der Waals surface area contributed by atoms with Crippen molar-refractivity contribution in [1.29, 1.82) is 0 Å². The molecule has 0 aliphatic carbocycles. The molecule has 20 heavy (non-hydrogen) atoms. The van der Waals surface area contributed by atoms with E-state index in [1.807, 2.05) is 0 Å². The summed E-state index contributed by atoms with van der Waals surface area (Å²) in [6, 6.07) is 7.03. The molecule has 0 aliphatic rings. The van der Waals surface area contributed by atoms with Crippen molar-refractivity contribution in [2.45, 2.75) is 39.3 Å². The molecule has 2 atom stereocenters.